The van der Waals surface area contributed by atoms with Crippen molar-refractivity contribution in [3.05, 3.63) is 48.4 Å². The van der Waals surface area contributed by atoms with E-state index in [0.29, 0.717) is 5.69 Å². The number of nitrogens with zero attached hydrogens (tertiary/aromatic N) is 2. The van der Waals surface area contributed by atoms with Crippen LogP contribution < -0.4 is 0 Å². The van der Waals surface area contributed by atoms with E-state index >= 15 is 0 Å². The van der Waals surface area contributed by atoms with Gasteiger partial charge in [-0.25, -0.2) is 4.98 Å². The fourth-order valence-corrected chi connectivity index (χ4v) is 2.60. The molecule has 0 aliphatic rings. The second-order valence-corrected chi connectivity index (χ2v) is 4.42. The molecule has 16 heavy (non-hydrogen) atoms. The van der Waals surface area contributed by atoms with Crippen LogP contribution in [-0.2, 0) is 0 Å². The number of hydrogen-bond donors (Lipinski definition) is 0. The lowest BCUT2D eigenvalue weighted by atomic mass is 10.2. The van der Waals surface area contributed by atoms with Crippen LogP contribution in [0.3, 0.4) is 0 Å². The number of carbonyl (C=O) groups is 1. The van der Waals surface area contributed by atoms with E-state index in [1.165, 1.54) is 0 Å². The molecule has 78 valence electrons. The van der Waals surface area contributed by atoms with E-state index in [2.05, 4.69) is 4.98 Å². The van der Waals surface area contributed by atoms with Crippen molar-refractivity contribution in [2.45, 2.75) is 0 Å². The van der Waals surface area contributed by atoms with E-state index in [9.17, 15) is 4.79 Å². The van der Waals surface area contributed by atoms with Gasteiger partial charge in [0.25, 0.3) is 0 Å². The van der Waals surface area contributed by atoms with Crippen LogP contribution in [0.1, 0.15) is 10.5 Å². The third-order valence-electron chi connectivity index (χ3n) is 2.42. The predicted octanol–water partition coefficient (Wildman–Crippen LogP) is 2.88. The van der Waals surface area contributed by atoms with E-state index in [-0.39, 0.29) is 0 Å². The molecule has 3 aromatic rings. The van der Waals surface area contributed by atoms with E-state index in [4.69, 9.17) is 0 Å². The van der Waals surface area contributed by atoms with E-state index in [1.807, 2.05) is 40.9 Å². The standard InChI is InChI=1S/C12H8N2OS/c15-8-10-6-13-12-14(10)7-11(16-12)9-4-2-1-3-5-9/h1-8H. The SMILES string of the molecule is O=Cc1cnc2sc(-c3ccccc3)cn12. The molecule has 0 amide bonds. The summed E-state index contributed by atoms with van der Waals surface area (Å²) in [5.41, 5.74) is 1.74. The molecule has 1 aromatic carbocycles. The van der Waals surface area contributed by atoms with E-state index in [0.717, 1.165) is 21.7 Å². The number of benzene rings is 1. The molecule has 0 unspecified atom stereocenters. The Labute approximate surface area is 96.0 Å². The third-order valence-corrected chi connectivity index (χ3v) is 3.46. The minimum Gasteiger partial charge on any atom is -0.296 e. The Morgan fingerprint density at radius 2 is 2.06 bits per heavy atom. The van der Waals surface area contributed by atoms with Gasteiger partial charge in [-0.1, -0.05) is 41.7 Å². The maximum absolute atomic E-state index is 10.8. The first-order valence-corrected chi connectivity index (χ1v) is 5.67. The smallest absolute Gasteiger partial charge is 0.194 e. The van der Waals surface area contributed by atoms with Crippen molar-refractivity contribution in [2.24, 2.45) is 0 Å². The normalized spacial score (nSPS) is 10.8. The number of rotatable bonds is 2. The Morgan fingerprint density at radius 3 is 2.81 bits per heavy atom. The molecule has 2 aromatic heterocycles. The molecule has 0 saturated heterocycles. The fraction of sp³-hybridized carbons (Fsp3) is 0. The van der Waals surface area contributed by atoms with Crippen LogP contribution in [0.25, 0.3) is 15.4 Å². The second kappa shape index (κ2) is 3.57. The zero-order chi connectivity index (χ0) is 11.0. The molecule has 4 heteroatoms. The van der Waals surface area contributed by atoms with Crippen LogP contribution in [0.2, 0.25) is 0 Å². The molecular weight excluding hydrogens is 220 g/mol. The Kier molecular flexibility index (Phi) is 2.08. The molecule has 0 bridgehead atoms. The van der Waals surface area contributed by atoms with Crippen LogP contribution in [0, 0.1) is 0 Å². The highest BCUT2D eigenvalue weighted by molar-refractivity contribution is 7.20. The van der Waals surface area contributed by atoms with Crippen molar-refractivity contribution in [1.29, 1.82) is 0 Å². The van der Waals surface area contributed by atoms with Crippen LogP contribution in [0.15, 0.2) is 42.7 Å². The van der Waals surface area contributed by atoms with Gasteiger partial charge < -0.3 is 0 Å². The summed E-state index contributed by atoms with van der Waals surface area (Å²) in [5, 5.41) is 0. The minimum atomic E-state index is 0.591. The van der Waals surface area contributed by atoms with Gasteiger partial charge in [0.2, 0.25) is 0 Å². The van der Waals surface area contributed by atoms with Crippen LogP contribution in [0.4, 0.5) is 0 Å². The Hall–Kier alpha value is -1.94. The lowest BCUT2D eigenvalue weighted by Crippen LogP contribution is -1.84. The van der Waals surface area contributed by atoms with Gasteiger partial charge in [0.15, 0.2) is 11.2 Å². The van der Waals surface area contributed by atoms with Crippen molar-refractivity contribution in [3.63, 3.8) is 0 Å². The van der Waals surface area contributed by atoms with Crippen LogP contribution in [-0.4, -0.2) is 15.7 Å². The molecule has 0 N–H and O–H groups in total. The Balaban J connectivity index is 2.19. The quantitative estimate of drug-likeness (QED) is 0.632. The maximum atomic E-state index is 10.8. The van der Waals surface area contributed by atoms with Gasteiger partial charge in [-0.15, -0.1) is 0 Å². The van der Waals surface area contributed by atoms with Gasteiger partial charge in [0.1, 0.15) is 5.69 Å². The first-order chi connectivity index (χ1) is 7.88. The van der Waals surface area contributed by atoms with E-state index < -0.39 is 0 Å². The summed E-state index contributed by atoms with van der Waals surface area (Å²) in [5.74, 6) is 0. The molecule has 2 heterocycles. The lowest BCUT2D eigenvalue weighted by molar-refractivity contribution is 0.111. The summed E-state index contributed by atoms with van der Waals surface area (Å²) in [7, 11) is 0. The van der Waals surface area contributed by atoms with Gasteiger partial charge in [0.05, 0.1) is 11.1 Å². The number of aromatic nitrogens is 2. The topological polar surface area (TPSA) is 34.4 Å². The van der Waals surface area contributed by atoms with Crippen LogP contribution in [0.5, 0.6) is 0 Å². The summed E-state index contributed by atoms with van der Waals surface area (Å²) in [4.78, 5) is 16.9. The number of imidazole rings is 1. The summed E-state index contributed by atoms with van der Waals surface area (Å²) in [6.45, 7) is 0. The zero-order valence-electron chi connectivity index (χ0n) is 8.33. The average molecular weight is 228 g/mol. The molecule has 0 aliphatic heterocycles. The van der Waals surface area contributed by atoms with Crippen molar-refractivity contribution in [1.82, 2.24) is 9.38 Å². The largest absolute Gasteiger partial charge is 0.296 e. The fourth-order valence-electron chi connectivity index (χ4n) is 1.63. The number of aldehydes is 1. The number of hydrogen-bond acceptors (Lipinski definition) is 3. The lowest BCUT2D eigenvalue weighted by Gasteiger charge is -1.93. The van der Waals surface area contributed by atoms with Crippen molar-refractivity contribution in [3.8, 4) is 10.4 Å². The zero-order valence-corrected chi connectivity index (χ0v) is 9.15. The molecular formula is C12H8N2OS. The van der Waals surface area contributed by atoms with Gasteiger partial charge in [-0.05, 0) is 5.56 Å². The highest BCUT2D eigenvalue weighted by atomic mass is 32.1. The van der Waals surface area contributed by atoms with Crippen molar-refractivity contribution < 1.29 is 4.79 Å². The molecule has 0 atom stereocenters. The Morgan fingerprint density at radius 1 is 1.25 bits per heavy atom. The summed E-state index contributed by atoms with van der Waals surface area (Å²) >= 11 is 1.58. The summed E-state index contributed by atoms with van der Waals surface area (Å²) < 4.78 is 1.82. The Bertz CT molecular complexity index is 639. The number of thiazole rings is 1. The average Bonchev–Trinajstić information content (AvgIpc) is 2.89. The molecule has 0 fully saturated rings. The van der Waals surface area contributed by atoms with Gasteiger partial charge in [-0.3, -0.25) is 9.20 Å². The second-order valence-electron chi connectivity index (χ2n) is 3.41. The van der Waals surface area contributed by atoms with Crippen molar-refractivity contribution >= 4 is 22.6 Å². The third kappa shape index (κ3) is 1.35. The molecule has 3 rings (SSSR count). The summed E-state index contributed by atoms with van der Waals surface area (Å²) in [6, 6.07) is 10.1. The maximum Gasteiger partial charge on any atom is 0.194 e. The van der Waals surface area contributed by atoms with Crippen molar-refractivity contribution in [2.75, 3.05) is 0 Å². The van der Waals surface area contributed by atoms with Gasteiger partial charge >= 0.3 is 0 Å². The molecule has 0 spiro atoms. The first-order valence-electron chi connectivity index (χ1n) is 4.86. The minimum absolute atomic E-state index is 0.591. The van der Waals surface area contributed by atoms with E-state index in [1.54, 1.807) is 17.5 Å². The summed E-state index contributed by atoms with van der Waals surface area (Å²) in [6.07, 6.45) is 4.36. The molecule has 0 radical (unpaired) electrons. The van der Waals surface area contributed by atoms with Crippen LogP contribution >= 0.6 is 11.3 Å². The predicted molar refractivity (Wildman–Crippen MR) is 63.9 cm³/mol. The highest BCUT2D eigenvalue weighted by Crippen LogP contribution is 2.28. The molecule has 0 aliphatic carbocycles. The molecule has 0 saturated carbocycles. The monoisotopic (exact) mass is 228 g/mol. The van der Waals surface area contributed by atoms with Gasteiger partial charge in [-0.2, -0.15) is 0 Å². The molecule has 3 nitrogen and oxygen atoms in total. The first kappa shape index (κ1) is 9.30. The highest BCUT2D eigenvalue weighted by Gasteiger charge is 2.08. The van der Waals surface area contributed by atoms with Gasteiger partial charge in [0, 0.05) is 6.20 Å². The number of fused-ring (bicyclic) bond motifs is 1. The number of carbonyl (C=O) groups excluding carboxylic acids is 1.